The molecule has 0 radical (unpaired) electrons. The summed E-state index contributed by atoms with van der Waals surface area (Å²) in [6.45, 7) is 0. The van der Waals surface area contributed by atoms with Crippen LogP contribution in [-0.4, -0.2) is 9.97 Å². The van der Waals surface area contributed by atoms with Crippen molar-refractivity contribution in [3.63, 3.8) is 0 Å². The zero-order valence-electron chi connectivity index (χ0n) is 10.6. The quantitative estimate of drug-likeness (QED) is 0.516. The molecular formula is C17H11BrN2. The SMILES string of the molecule is Brc1ccc(-c2ccc3c(c2)[nH]c2ccccc23)nc1. The molecule has 2 heterocycles. The van der Waals surface area contributed by atoms with Crippen molar-refractivity contribution in [2.24, 2.45) is 0 Å². The van der Waals surface area contributed by atoms with Crippen LogP contribution in [-0.2, 0) is 0 Å². The lowest BCUT2D eigenvalue weighted by Gasteiger charge is -2.01. The van der Waals surface area contributed by atoms with Gasteiger partial charge >= 0.3 is 0 Å². The summed E-state index contributed by atoms with van der Waals surface area (Å²) >= 11 is 3.41. The first-order valence-electron chi connectivity index (χ1n) is 6.44. The highest BCUT2D eigenvalue weighted by Crippen LogP contribution is 2.29. The van der Waals surface area contributed by atoms with Crippen LogP contribution in [0.1, 0.15) is 0 Å². The first kappa shape index (κ1) is 11.7. The number of para-hydroxylation sites is 1. The molecule has 1 N–H and O–H groups in total. The third kappa shape index (κ3) is 1.82. The Morgan fingerprint density at radius 2 is 1.70 bits per heavy atom. The van der Waals surface area contributed by atoms with Gasteiger partial charge < -0.3 is 4.98 Å². The number of hydrogen-bond acceptors (Lipinski definition) is 1. The van der Waals surface area contributed by atoms with Crippen LogP contribution in [0.15, 0.2) is 65.3 Å². The van der Waals surface area contributed by atoms with Gasteiger partial charge in [-0.15, -0.1) is 0 Å². The van der Waals surface area contributed by atoms with Crippen molar-refractivity contribution >= 4 is 37.7 Å². The lowest BCUT2D eigenvalue weighted by atomic mass is 10.1. The molecule has 2 nitrogen and oxygen atoms in total. The van der Waals surface area contributed by atoms with Gasteiger partial charge in [0.25, 0.3) is 0 Å². The number of fused-ring (bicyclic) bond motifs is 3. The van der Waals surface area contributed by atoms with Crippen molar-refractivity contribution in [2.45, 2.75) is 0 Å². The lowest BCUT2D eigenvalue weighted by molar-refractivity contribution is 1.31. The summed E-state index contributed by atoms with van der Waals surface area (Å²) < 4.78 is 0.993. The van der Waals surface area contributed by atoms with E-state index in [1.54, 1.807) is 0 Å². The predicted molar refractivity (Wildman–Crippen MR) is 86.7 cm³/mol. The minimum Gasteiger partial charge on any atom is -0.354 e. The fourth-order valence-electron chi connectivity index (χ4n) is 2.56. The van der Waals surface area contributed by atoms with E-state index in [4.69, 9.17) is 0 Å². The number of aromatic nitrogens is 2. The zero-order valence-corrected chi connectivity index (χ0v) is 12.2. The second kappa shape index (κ2) is 4.46. The van der Waals surface area contributed by atoms with Gasteiger partial charge in [-0.1, -0.05) is 30.3 Å². The van der Waals surface area contributed by atoms with Crippen LogP contribution in [0.3, 0.4) is 0 Å². The Morgan fingerprint density at radius 3 is 2.55 bits per heavy atom. The van der Waals surface area contributed by atoms with Gasteiger partial charge in [-0.25, -0.2) is 0 Å². The molecule has 4 rings (SSSR count). The molecule has 2 aromatic heterocycles. The highest BCUT2D eigenvalue weighted by atomic mass is 79.9. The molecule has 20 heavy (non-hydrogen) atoms. The summed E-state index contributed by atoms with van der Waals surface area (Å²) in [6.07, 6.45) is 1.82. The molecule has 0 saturated carbocycles. The molecule has 4 aromatic rings. The Kier molecular flexibility index (Phi) is 2.60. The maximum absolute atomic E-state index is 4.45. The predicted octanol–water partition coefficient (Wildman–Crippen LogP) is 5.15. The van der Waals surface area contributed by atoms with Gasteiger partial charge in [0, 0.05) is 38.0 Å². The second-order valence-electron chi connectivity index (χ2n) is 4.79. The Labute approximate surface area is 124 Å². The number of nitrogens with zero attached hydrogens (tertiary/aromatic N) is 1. The van der Waals surface area contributed by atoms with Crippen LogP contribution < -0.4 is 0 Å². The Morgan fingerprint density at radius 1 is 0.850 bits per heavy atom. The van der Waals surface area contributed by atoms with Crippen molar-refractivity contribution in [1.82, 2.24) is 9.97 Å². The summed E-state index contributed by atoms with van der Waals surface area (Å²) in [7, 11) is 0. The second-order valence-corrected chi connectivity index (χ2v) is 5.71. The summed E-state index contributed by atoms with van der Waals surface area (Å²) in [5, 5.41) is 2.51. The van der Waals surface area contributed by atoms with E-state index in [-0.39, 0.29) is 0 Å². The number of nitrogens with one attached hydrogen (secondary N) is 1. The minimum atomic E-state index is 0.980. The Hall–Kier alpha value is -2.13. The normalized spacial score (nSPS) is 11.2. The van der Waals surface area contributed by atoms with E-state index < -0.39 is 0 Å². The third-order valence-electron chi connectivity index (χ3n) is 3.53. The molecule has 0 atom stereocenters. The van der Waals surface area contributed by atoms with Gasteiger partial charge in [0.2, 0.25) is 0 Å². The third-order valence-corrected chi connectivity index (χ3v) is 4.00. The van der Waals surface area contributed by atoms with Crippen molar-refractivity contribution < 1.29 is 0 Å². The van der Waals surface area contributed by atoms with Crippen molar-refractivity contribution in [2.75, 3.05) is 0 Å². The maximum Gasteiger partial charge on any atom is 0.0703 e. The molecule has 0 spiro atoms. The Balaban J connectivity index is 1.94. The van der Waals surface area contributed by atoms with Crippen LogP contribution >= 0.6 is 15.9 Å². The number of benzene rings is 2. The molecule has 0 aliphatic carbocycles. The van der Waals surface area contributed by atoms with E-state index in [0.29, 0.717) is 0 Å². The molecule has 0 amide bonds. The van der Waals surface area contributed by atoms with Crippen LogP contribution in [0.4, 0.5) is 0 Å². The van der Waals surface area contributed by atoms with Crippen LogP contribution in [0.5, 0.6) is 0 Å². The molecule has 0 fully saturated rings. The average Bonchev–Trinajstić information content (AvgIpc) is 2.85. The van der Waals surface area contributed by atoms with Crippen LogP contribution in [0.2, 0.25) is 0 Å². The highest BCUT2D eigenvalue weighted by Gasteiger charge is 2.06. The molecule has 0 bridgehead atoms. The molecular weight excluding hydrogens is 312 g/mol. The van der Waals surface area contributed by atoms with E-state index in [0.717, 1.165) is 21.2 Å². The minimum absolute atomic E-state index is 0.980. The van der Waals surface area contributed by atoms with Crippen molar-refractivity contribution in [3.8, 4) is 11.3 Å². The van der Waals surface area contributed by atoms with Crippen molar-refractivity contribution in [1.29, 1.82) is 0 Å². The smallest absolute Gasteiger partial charge is 0.0703 e. The highest BCUT2D eigenvalue weighted by molar-refractivity contribution is 9.10. The molecule has 0 aliphatic rings. The van der Waals surface area contributed by atoms with E-state index in [1.165, 1.54) is 16.3 Å². The molecule has 96 valence electrons. The summed E-state index contributed by atoms with van der Waals surface area (Å²) in [5.41, 5.74) is 4.42. The first-order valence-corrected chi connectivity index (χ1v) is 7.23. The molecule has 3 heteroatoms. The summed E-state index contributed by atoms with van der Waals surface area (Å²) in [5.74, 6) is 0. The molecule has 0 unspecified atom stereocenters. The zero-order chi connectivity index (χ0) is 13.5. The van der Waals surface area contributed by atoms with E-state index in [1.807, 2.05) is 18.3 Å². The van der Waals surface area contributed by atoms with Gasteiger partial charge in [0.05, 0.1) is 5.69 Å². The van der Waals surface area contributed by atoms with Gasteiger partial charge in [-0.05, 0) is 40.2 Å². The molecule has 2 aromatic carbocycles. The van der Waals surface area contributed by atoms with Gasteiger partial charge in [-0.3, -0.25) is 4.98 Å². The summed E-state index contributed by atoms with van der Waals surface area (Å²) in [6, 6.07) is 18.8. The fourth-order valence-corrected chi connectivity index (χ4v) is 2.80. The summed E-state index contributed by atoms with van der Waals surface area (Å²) in [4.78, 5) is 7.91. The van der Waals surface area contributed by atoms with Crippen LogP contribution in [0.25, 0.3) is 33.1 Å². The number of pyridine rings is 1. The lowest BCUT2D eigenvalue weighted by Crippen LogP contribution is -1.82. The number of halogens is 1. The fraction of sp³-hybridized carbons (Fsp3) is 0. The molecule has 0 aliphatic heterocycles. The maximum atomic E-state index is 4.45. The number of rotatable bonds is 1. The average molecular weight is 323 g/mol. The first-order chi connectivity index (χ1) is 9.81. The van der Waals surface area contributed by atoms with E-state index in [2.05, 4.69) is 68.4 Å². The van der Waals surface area contributed by atoms with Crippen molar-refractivity contribution in [3.05, 3.63) is 65.3 Å². The van der Waals surface area contributed by atoms with Gasteiger partial charge in [0.15, 0.2) is 0 Å². The topological polar surface area (TPSA) is 28.7 Å². The largest absolute Gasteiger partial charge is 0.354 e. The van der Waals surface area contributed by atoms with Crippen LogP contribution in [0, 0.1) is 0 Å². The van der Waals surface area contributed by atoms with E-state index >= 15 is 0 Å². The van der Waals surface area contributed by atoms with Gasteiger partial charge in [-0.2, -0.15) is 0 Å². The van der Waals surface area contributed by atoms with Gasteiger partial charge in [0.1, 0.15) is 0 Å². The van der Waals surface area contributed by atoms with E-state index in [9.17, 15) is 0 Å². The number of aromatic amines is 1. The Bertz CT molecular complexity index is 907. The molecule has 0 saturated heterocycles. The number of H-pyrrole nitrogens is 1. The monoisotopic (exact) mass is 322 g/mol. The number of hydrogen-bond donors (Lipinski definition) is 1. The standard InChI is InChI=1S/C17H11BrN2/c18-12-6-8-15(19-10-12)11-5-7-14-13-3-1-2-4-16(13)20-17(14)9-11/h1-10,20H.